The predicted octanol–water partition coefficient (Wildman–Crippen LogP) is 4.93. The highest BCUT2D eigenvalue weighted by Crippen LogP contribution is 2.50. The van der Waals surface area contributed by atoms with E-state index < -0.39 is 5.41 Å². The summed E-state index contributed by atoms with van der Waals surface area (Å²) in [5, 5.41) is 0. The zero-order valence-electron chi connectivity index (χ0n) is 19.6. The molecule has 0 N–H and O–H groups in total. The summed E-state index contributed by atoms with van der Waals surface area (Å²) in [5.74, 6) is 0.954. The van der Waals surface area contributed by atoms with Gasteiger partial charge < -0.3 is 23.7 Å². The van der Waals surface area contributed by atoms with E-state index in [0.717, 1.165) is 42.4 Å². The van der Waals surface area contributed by atoms with E-state index in [0.29, 0.717) is 22.8 Å². The summed E-state index contributed by atoms with van der Waals surface area (Å²) in [4.78, 5) is 24.7. The number of carbonyl (C=O) groups is 2. The number of hydrogen-bond acceptors (Lipinski definition) is 7. The molecule has 4 rings (SSSR count). The second-order valence-electron chi connectivity index (χ2n) is 8.54. The molecule has 0 unspecified atom stereocenters. The third-order valence-electron chi connectivity index (χ3n) is 6.46. The number of hydrogen-bond donors (Lipinski definition) is 0. The van der Waals surface area contributed by atoms with Gasteiger partial charge in [-0.15, -0.1) is 0 Å². The van der Waals surface area contributed by atoms with Crippen LogP contribution in [0.3, 0.4) is 0 Å². The van der Waals surface area contributed by atoms with Crippen LogP contribution in [0.5, 0.6) is 17.2 Å². The minimum Gasteiger partial charge on any atom is -0.493 e. The van der Waals surface area contributed by atoms with E-state index >= 15 is 0 Å². The number of rotatable bonds is 10. The molecule has 0 atom stereocenters. The Labute approximate surface area is 193 Å². The van der Waals surface area contributed by atoms with Gasteiger partial charge in [0.05, 0.1) is 19.8 Å². The van der Waals surface area contributed by atoms with E-state index in [1.165, 1.54) is 0 Å². The fourth-order valence-corrected chi connectivity index (χ4v) is 4.07. The molecule has 0 amide bonds. The number of esters is 2. The Morgan fingerprint density at radius 2 is 1.76 bits per heavy atom. The average Bonchev–Trinajstić information content (AvgIpc) is 3.56. The molecule has 1 aliphatic heterocycles. The van der Waals surface area contributed by atoms with Crippen molar-refractivity contribution in [2.45, 2.75) is 52.2 Å². The largest absolute Gasteiger partial charge is 0.493 e. The van der Waals surface area contributed by atoms with Gasteiger partial charge in [0.2, 0.25) is 5.75 Å². The van der Waals surface area contributed by atoms with E-state index in [4.69, 9.17) is 23.7 Å². The van der Waals surface area contributed by atoms with Crippen molar-refractivity contribution in [1.29, 1.82) is 0 Å². The monoisotopic (exact) mass is 454 g/mol. The smallest absolute Gasteiger partial charge is 0.338 e. The number of fused-ring (bicyclic) bond motifs is 1. The number of methoxy groups -OCH3 is 2. The molecule has 1 aliphatic carbocycles. The molecule has 7 nitrogen and oxygen atoms in total. The van der Waals surface area contributed by atoms with E-state index in [1.54, 1.807) is 20.3 Å². The van der Waals surface area contributed by atoms with Gasteiger partial charge in [0.15, 0.2) is 11.5 Å². The number of benzene rings is 2. The molecule has 0 spiro atoms. The average molecular weight is 455 g/mol. The van der Waals surface area contributed by atoms with Crippen LogP contribution in [0.4, 0.5) is 0 Å². The molecule has 2 aromatic rings. The topological polar surface area (TPSA) is 80.3 Å². The summed E-state index contributed by atoms with van der Waals surface area (Å²) in [7, 11) is 3.12. The van der Waals surface area contributed by atoms with Crippen molar-refractivity contribution in [3.05, 3.63) is 41.5 Å². The third kappa shape index (κ3) is 4.36. The molecule has 1 heterocycles. The summed E-state index contributed by atoms with van der Waals surface area (Å²) in [6.45, 7) is 4.46. The first kappa shape index (κ1) is 23.0. The van der Waals surface area contributed by atoms with Crippen molar-refractivity contribution in [2.75, 3.05) is 20.8 Å². The van der Waals surface area contributed by atoms with E-state index in [-0.39, 0.29) is 31.3 Å². The lowest BCUT2D eigenvalue weighted by Gasteiger charge is -2.22. The van der Waals surface area contributed by atoms with Gasteiger partial charge in [-0.3, -0.25) is 4.79 Å². The first-order valence-electron chi connectivity index (χ1n) is 11.4. The quantitative estimate of drug-likeness (QED) is 0.471. The number of ether oxygens (including phenoxy) is 5. The Morgan fingerprint density at radius 1 is 1.03 bits per heavy atom. The lowest BCUT2D eigenvalue weighted by Crippen LogP contribution is -2.29. The minimum absolute atomic E-state index is 0.0757. The fourth-order valence-electron chi connectivity index (χ4n) is 4.07. The summed E-state index contributed by atoms with van der Waals surface area (Å²) in [6.07, 6.45) is 2.96. The Hall–Kier alpha value is -3.22. The van der Waals surface area contributed by atoms with E-state index in [1.807, 2.05) is 38.1 Å². The molecule has 1 saturated carbocycles. The molecule has 33 heavy (non-hydrogen) atoms. The summed E-state index contributed by atoms with van der Waals surface area (Å²) < 4.78 is 28.3. The van der Waals surface area contributed by atoms with Crippen molar-refractivity contribution in [3.8, 4) is 28.4 Å². The van der Waals surface area contributed by atoms with Crippen molar-refractivity contribution < 1.29 is 33.3 Å². The van der Waals surface area contributed by atoms with Gasteiger partial charge in [-0.25, -0.2) is 4.79 Å². The molecule has 7 heteroatoms. The van der Waals surface area contributed by atoms with Crippen molar-refractivity contribution in [1.82, 2.24) is 0 Å². The minimum atomic E-state index is -0.633. The second kappa shape index (κ2) is 9.33. The van der Waals surface area contributed by atoms with Gasteiger partial charge in [0, 0.05) is 11.1 Å². The molecule has 2 aliphatic rings. The molecular formula is C26H30O7. The van der Waals surface area contributed by atoms with Crippen LogP contribution in [-0.2, 0) is 20.9 Å². The van der Waals surface area contributed by atoms with Crippen LogP contribution in [0, 0.1) is 5.41 Å². The Morgan fingerprint density at radius 3 is 2.39 bits per heavy atom. The summed E-state index contributed by atoms with van der Waals surface area (Å²) in [5.41, 5.74) is 2.39. The zero-order chi connectivity index (χ0) is 23.6. The van der Waals surface area contributed by atoms with Gasteiger partial charge in [-0.2, -0.15) is 0 Å². The lowest BCUT2D eigenvalue weighted by atomic mass is 9.99. The number of carbonyl (C=O) groups excluding carboxylic acids is 2. The maximum atomic E-state index is 12.9. The van der Waals surface area contributed by atoms with Crippen molar-refractivity contribution in [2.24, 2.45) is 5.41 Å². The number of cyclic esters (lactones) is 1. The Bertz CT molecular complexity index is 1050. The molecular weight excluding hydrogens is 424 g/mol. The SMILES string of the molecule is CCC(CC)OC(=O)C1(COc2c(-c3ccc4c(c3)COC4=O)ccc(OC)c2OC)CC1. The standard InChI is InChI=1S/C26H30O7/c1-5-18(6-2)33-25(28)26(11-12-26)15-32-22-19(9-10-21(29-3)23(22)30-4)16-7-8-20-17(13-16)14-31-24(20)27/h7-10,13,18H,5-6,11-12,14-15H2,1-4H3. The van der Waals surface area contributed by atoms with Crippen LogP contribution < -0.4 is 14.2 Å². The van der Waals surface area contributed by atoms with Crippen LogP contribution in [0.1, 0.15) is 55.5 Å². The van der Waals surface area contributed by atoms with Gasteiger partial charge >= 0.3 is 11.9 Å². The highest BCUT2D eigenvalue weighted by Gasteiger charge is 2.53. The first-order valence-corrected chi connectivity index (χ1v) is 11.4. The van der Waals surface area contributed by atoms with Gasteiger partial charge in [0.25, 0.3) is 0 Å². The normalized spacial score (nSPS) is 15.6. The van der Waals surface area contributed by atoms with Crippen LogP contribution in [0.2, 0.25) is 0 Å². The summed E-state index contributed by atoms with van der Waals surface area (Å²) in [6, 6.07) is 9.23. The predicted molar refractivity (Wildman–Crippen MR) is 122 cm³/mol. The van der Waals surface area contributed by atoms with Crippen LogP contribution in [0.25, 0.3) is 11.1 Å². The lowest BCUT2D eigenvalue weighted by molar-refractivity contribution is -0.157. The molecule has 2 aromatic carbocycles. The maximum absolute atomic E-state index is 12.9. The maximum Gasteiger partial charge on any atom is 0.338 e. The van der Waals surface area contributed by atoms with Gasteiger partial charge in [0.1, 0.15) is 24.7 Å². The molecule has 0 saturated heterocycles. The van der Waals surface area contributed by atoms with E-state index in [2.05, 4.69) is 0 Å². The Kier molecular flexibility index (Phi) is 6.49. The molecule has 1 fully saturated rings. The van der Waals surface area contributed by atoms with Crippen LogP contribution >= 0.6 is 0 Å². The van der Waals surface area contributed by atoms with Crippen LogP contribution in [-0.4, -0.2) is 38.9 Å². The molecule has 176 valence electrons. The molecule has 0 radical (unpaired) electrons. The molecule has 0 aromatic heterocycles. The highest BCUT2D eigenvalue weighted by atomic mass is 16.6. The van der Waals surface area contributed by atoms with Crippen molar-refractivity contribution in [3.63, 3.8) is 0 Å². The van der Waals surface area contributed by atoms with Crippen LogP contribution in [0.15, 0.2) is 30.3 Å². The highest BCUT2D eigenvalue weighted by molar-refractivity contribution is 5.94. The zero-order valence-corrected chi connectivity index (χ0v) is 19.6. The Balaban J connectivity index is 1.65. The summed E-state index contributed by atoms with van der Waals surface area (Å²) >= 11 is 0. The van der Waals surface area contributed by atoms with Gasteiger partial charge in [-0.1, -0.05) is 19.9 Å². The van der Waals surface area contributed by atoms with Crippen molar-refractivity contribution >= 4 is 11.9 Å². The fraction of sp³-hybridized carbons (Fsp3) is 0.462. The molecule has 0 bridgehead atoms. The third-order valence-corrected chi connectivity index (χ3v) is 6.46. The first-order chi connectivity index (χ1) is 16.0. The van der Waals surface area contributed by atoms with E-state index in [9.17, 15) is 9.59 Å². The second-order valence-corrected chi connectivity index (χ2v) is 8.54. The van der Waals surface area contributed by atoms with Gasteiger partial charge in [-0.05, 0) is 55.5 Å².